The van der Waals surface area contributed by atoms with E-state index in [-0.39, 0.29) is 0 Å². The van der Waals surface area contributed by atoms with Crippen molar-refractivity contribution >= 4 is 7.26 Å². The van der Waals surface area contributed by atoms with E-state index in [1.165, 1.54) is 51.1 Å². The molecule has 0 aliphatic heterocycles. The highest BCUT2D eigenvalue weighted by Gasteiger charge is 2.32. The van der Waals surface area contributed by atoms with Crippen LogP contribution < -0.4 is 0 Å². The first kappa shape index (κ1) is 16.4. The summed E-state index contributed by atoms with van der Waals surface area (Å²) in [4.78, 5) is 0. The van der Waals surface area contributed by atoms with Crippen LogP contribution in [0.25, 0.3) is 0 Å². The van der Waals surface area contributed by atoms with Gasteiger partial charge in [-0.3, -0.25) is 0 Å². The van der Waals surface area contributed by atoms with Crippen LogP contribution in [-0.4, -0.2) is 24.6 Å². The summed E-state index contributed by atoms with van der Waals surface area (Å²) in [5.74, 6) is 0. The summed E-state index contributed by atoms with van der Waals surface area (Å²) in [7, 11) is -0.540. The molecular weight excluding hydrogens is 211 g/mol. The van der Waals surface area contributed by atoms with Crippen LogP contribution in [0.15, 0.2) is 0 Å². The Hall–Kier alpha value is 0.430. The van der Waals surface area contributed by atoms with Gasteiger partial charge in [-0.1, -0.05) is 46.5 Å². The Morgan fingerprint density at radius 2 is 1.00 bits per heavy atom. The van der Waals surface area contributed by atoms with Crippen molar-refractivity contribution in [2.75, 3.05) is 24.6 Å². The van der Waals surface area contributed by atoms with Crippen LogP contribution >= 0.6 is 7.26 Å². The predicted molar refractivity (Wildman–Crippen MR) is 81.4 cm³/mol. The quantitative estimate of drug-likeness (QED) is 0.318. The molecule has 0 aromatic heterocycles. The molecule has 0 fully saturated rings. The third kappa shape index (κ3) is 6.89. The molecule has 0 spiro atoms. The van der Waals surface area contributed by atoms with Crippen molar-refractivity contribution in [1.82, 2.24) is 0 Å². The minimum Gasteiger partial charge on any atom is -0.0654 e. The van der Waals surface area contributed by atoms with Gasteiger partial charge in [0.05, 0.1) is 24.6 Å². The molecular formula is C15H34P+. The summed E-state index contributed by atoms with van der Waals surface area (Å²) < 4.78 is 0. The SMILES string of the molecule is CCCCC[P+](CC)(CCCC)CCCC. The maximum absolute atomic E-state index is 2.46. The highest BCUT2D eigenvalue weighted by Crippen LogP contribution is 2.60. The van der Waals surface area contributed by atoms with Gasteiger partial charge in [-0.2, -0.15) is 0 Å². The zero-order valence-corrected chi connectivity index (χ0v) is 13.1. The number of unbranched alkanes of at least 4 members (excludes halogenated alkanes) is 4. The van der Waals surface area contributed by atoms with Gasteiger partial charge in [-0.05, 0) is 26.2 Å². The summed E-state index contributed by atoms with van der Waals surface area (Å²) in [5.41, 5.74) is 0. The van der Waals surface area contributed by atoms with Gasteiger partial charge in [0, 0.05) is 7.26 Å². The van der Waals surface area contributed by atoms with E-state index in [1.807, 2.05) is 0 Å². The molecule has 0 aromatic rings. The first-order valence-electron chi connectivity index (χ1n) is 7.59. The molecule has 0 radical (unpaired) electrons. The second kappa shape index (κ2) is 10.6. The van der Waals surface area contributed by atoms with Crippen molar-refractivity contribution in [3.8, 4) is 0 Å². The van der Waals surface area contributed by atoms with Crippen LogP contribution in [0, 0.1) is 0 Å². The average molecular weight is 245 g/mol. The first-order valence-corrected chi connectivity index (χ1v) is 10.1. The molecule has 0 amide bonds. The highest BCUT2D eigenvalue weighted by atomic mass is 31.2. The van der Waals surface area contributed by atoms with Gasteiger partial charge in [0.1, 0.15) is 0 Å². The maximum Gasteiger partial charge on any atom is 0.0594 e. The van der Waals surface area contributed by atoms with Gasteiger partial charge in [-0.25, -0.2) is 0 Å². The summed E-state index contributed by atoms with van der Waals surface area (Å²) >= 11 is 0. The number of rotatable bonds is 11. The molecule has 0 unspecified atom stereocenters. The Morgan fingerprint density at radius 1 is 0.562 bits per heavy atom. The van der Waals surface area contributed by atoms with E-state index in [9.17, 15) is 0 Å². The van der Waals surface area contributed by atoms with Crippen molar-refractivity contribution in [3.05, 3.63) is 0 Å². The third-order valence-electron chi connectivity index (χ3n) is 3.88. The molecule has 98 valence electrons. The van der Waals surface area contributed by atoms with E-state index in [1.54, 1.807) is 18.5 Å². The molecule has 0 bridgehead atoms. The Balaban J connectivity index is 4.16. The lowest BCUT2D eigenvalue weighted by atomic mass is 10.3. The topological polar surface area (TPSA) is 0 Å². The van der Waals surface area contributed by atoms with Crippen molar-refractivity contribution in [2.24, 2.45) is 0 Å². The van der Waals surface area contributed by atoms with Crippen LogP contribution in [0.1, 0.15) is 72.6 Å². The van der Waals surface area contributed by atoms with Crippen molar-refractivity contribution < 1.29 is 0 Å². The average Bonchev–Trinajstić information content (AvgIpc) is 2.32. The zero-order chi connectivity index (χ0) is 12.3. The summed E-state index contributed by atoms with van der Waals surface area (Å²) in [6.07, 6.45) is 16.4. The second-order valence-electron chi connectivity index (χ2n) is 5.24. The minimum absolute atomic E-state index is 0.540. The molecule has 0 atom stereocenters. The Bertz CT molecular complexity index is 134. The van der Waals surface area contributed by atoms with Gasteiger partial charge in [-0.15, -0.1) is 0 Å². The van der Waals surface area contributed by atoms with Crippen LogP contribution in [0.2, 0.25) is 0 Å². The van der Waals surface area contributed by atoms with E-state index in [4.69, 9.17) is 0 Å². The molecule has 0 N–H and O–H groups in total. The smallest absolute Gasteiger partial charge is 0.0594 e. The molecule has 0 saturated heterocycles. The minimum atomic E-state index is -0.540. The molecule has 0 nitrogen and oxygen atoms in total. The maximum atomic E-state index is 2.46. The van der Waals surface area contributed by atoms with Crippen LogP contribution in [0.4, 0.5) is 0 Å². The third-order valence-corrected chi connectivity index (χ3v) is 9.02. The standard InChI is InChI=1S/C15H34P/c1-5-9-12-15-16(8-4,13-10-6-2)14-11-7-3/h5-15H2,1-4H3/q+1. The molecule has 0 heterocycles. The lowest BCUT2D eigenvalue weighted by Gasteiger charge is -2.26. The summed E-state index contributed by atoms with van der Waals surface area (Å²) in [5, 5.41) is 0. The molecule has 0 aliphatic rings. The Morgan fingerprint density at radius 3 is 1.38 bits per heavy atom. The fourth-order valence-corrected chi connectivity index (χ4v) is 6.98. The Kier molecular flexibility index (Phi) is 10.9. The largest absolute Gasteiger partial charge is 0.0654 e. The lowest BCUT2D eigenvalue weighted by molar-refractivity contribution is 0.765. The fraction of sp³-hybridized carbons (Fsp3) is 1.00. The molecule has 0 aliphatic carbocycles. The van der Waals surface area contributed by atoms with E-state index in [0.29, 0.717) is 0 Å². The van der Waals surface area contributed by atoms with E-state index in [0.717, 1.165) is 0 Å². The van der Waals surface area contributed by atoms with Crippen LogP contribution in [-0.2, 0) is 0 Å². The second-order valence-corrected chi connectivity index (χ2v) is 9.90. The fourth-order valence-electron chi connectivity index (χ4n) is 2.49. The van der Waals surface area contributed by atoms with Gasteiger partial charge in [0.15, 0.2) is 0 Å². The predicted octanol–water partition coefficient (Wildman–Crippen LogP) is 5.81. The van der Waals surface area contributed by atoms with E-state index < -0.39 is 7.26 Å². The van der Waals surface area contributed by atoms with E-state index >= 15 is 0 Å². The molecule has 1 heteroatoms. The molecule has 0 aromatic carbocycles. The zero-order valence-electron chi connectivity index (χ0n) is 12.2. The van der Waals surface area contributed by atoms with Crippen LogP contribution in [0.5, 0.6) is 0 Å². The number of hydrogen-bond donors (Lipinski definition) is 0. The van der Waals surface area contributed by atoms with Gasteiger partial charge >= 0.3 is 0 Å². The highest BCUT2D eigenvalue weighted by molar-refractivity contribution is 7.75. The van der Waals surface area contributed by atoms with Crippen molar-refractivity contribution in [1.29, 1.82) is 0 Å². The summed E-state index contributed by atoms with van der Waals surface area (Å²) in [6.45, 7) is 9.47. The van der Waals surface area contributed by atoms with Gasteiger partial charge in [0.2, 0.25) is 0 Å². The first-order chi connectivity index (χ1) is 7.74. The van der Waals surface area contributed by atoms with Gasteiger partial charge < -0.3 is 0 Å². The molecule has 0 rings (SSSR count). The monoisotopic (exact) mass is 245 g/mol. The summed E-state index contributed by atoms with van der Waals surface area (Å²) in [6, 6.07) is 0. The molecule has 16 heavy (non-hydrogen) atoms. The van der Waals surface area contributed by atoms with Gasteiger partial charge in [0.25, 0.3) is 0 Å². The Labute approximate surface area is 105 Å². The lowest BCUT2D eigenvalue weighted by Crippen LogP contribution is -2.11. The normalized spacial score (nSPS) is 12.0. The molecule has 0 saturated carbocycles. The van der Waals surface area contributed by atoms with Crippen molar-refractivity contribution in [3.63, 3.8) is 0 Å². The van der Waals surface area contributed by atoms with E-state index in [2.05, 4.69) is 27.7 Å². The van der Waals surface area contributed by atoms with Crippen molar-refractivity contribution in [2.45, 2.75) is 72.6 Å². The van der Waals surface area contributed by atoms with Crippen LogP contribution in [0.3, 0.4) is 0 Å². The number of hydrogen-bond acceptors (Lipinski definition) is 0.